The highest BCUT2D eigenvalue weighted by molar-refractivity contribution is 6.20. The minimum absolute atomic E-state index is 0.275. The first-order valence-electron chi connectivity index (χ1n) is 8.19. The average molecular weight is 328 g/mol. The van der Waals surface area contributed by atoms with Crippen LogP contribution in [0.4, 0.5) is 0 Å². The van der Waals surface area contributed by atoms with Gasteiger partial charge in [0, 0.05) is 29.5 Å². The molecule has 0 unspecified atom stereocenters. The Balaban J connectivity index is 2.06. The van der Waals surface area contributed by atoms with E-state index < -0.39 is 0 Å². The topological polar surface area (TPSA) is 47.3 Å². The van der Waals surface area contributed by atoms with Crippen molar-refractivity contribution in [3.63, 3.8) is 0 Å². The zero-order valence-corrected chi connectivity index (χ0v) is 13.7. The van der Waals surface area contributed by atoms with Gasteiger partial charge in [-0.25, -0.2) is 0 Å². The Morgan fingerprint density at radius 3 is 2.52 bits per heavy atom. The van der Waals surface area contributed by atoms with Crippen molar-refractivity contribution in [2.45, 2.75) is 6.73 Å². The molecule has 0 saturated carbocycles. The molecule has 25 heavy (non-hydrogen) atoms. The second-order valence-corrected chi connectivity index (χ2v) is 6.22. The number of rotatable bonds is 2. The molecule has 5 rings (SSSR count). The van der Waals surface area contributed by atoms with Gasteiger partial charge in [0.1, 0.15) is 12.5 Å². The Morgan fingerprint density at radius 1 is 0.920 bits per heavy atom. The lowest BCUT2D eigenvalue weighted by atomic mass is 10.0. The summed E-state index contributed by atoms with van der Waals surface area (Å²) in [6.07, 6.45) is 1.76. The van der Waals surface area contributed by atoms with Crippen molar-refractivity contribution in [1.29, 1.82) is 0 Å². The highest BCUT2D eigenvalue weighted by atomic mass is 16.5. The molecule has 0 spiro atoms. The van der Waals surface area contributed by atoms with Gasteiger partial charge in [-0.3, -0.25) is 4.98 Å². The van der Waals surface area contributed by atoms with Gasteiger partial charge in [-0.2, -0.15) is 0 Å². The Hall–Kier alpha value is -3.11. The summed E-state index contributed by atoms with van der Waals surface area (Å²) in [7, 11) is 1.68. The lowest BCUT2D eigenvalue weighted by Gasteiger charge is -2.09. The van der Waals surface area contributed by atoms with E-state index in [1.165, 1.54) is 0 Å². The van der Waals surface area contributed by atoms with Crippen molar-refractivity contribution in [2.24, 2.45) is 0 Å². The van der Waals surface area contributed by atoms with Crippen LogP contribution in [0.3, 0.4) is 0 Å². The van der Waals surface area contributed by atoms with Gasteiger partial charge < -0.3 is 14.4 Å². The van der Waals surface area contributed by atoms with Crippen LogP contribution in [0.5, 0.6) is 5.75 Å². The molecule has 1 N–H and O–H groups in total. The maximum absolute atomic E-state index is 11.1. The largest absolute Gasteiger partial charge is 0.507 e. The van der Waals surface area contributed by atoms with E-state index in [1.807, 2.05) is 42.5 Å². The lowest BCUT2D eigenvalue weighted by molar-refractivity contribution is 0.138. The number of ether oxygens (including phenoxy) is 1. The molecule has 2 aromatic heterocycles. The van der Waals surface area contributed by atoms with Crippen LogP contribution in [0.2, 0.25) is 0 Å². The molecule has 0 amide bonds. The highest BCUT2D eigenvalue weighted by Crippen LogP contribution is 2.41. The van der Waals surface area contributed by atoms with Crippen LogP contribution in [0.15, 0.2) is 60.8 Å². The first-order valence-corrected chi connectivity index (χ1v) is 8.19. The van der Waals surface area contributed by atoms with E-state index in [0.29, 0.717) is 6.73 Å². The van der Waals surface area contributed by atoms with Crippen molar-refractivity contribution in [2.75, 3.05) is 7.11 Å². The average Bonchev–Trinajstić information content (AvgIpc) is 2.96. The highest BCUT2D eigenvalue weighted by Gasteiger charge is 2.17. The maximum Gasteiger partial charge on any atom is 0.134 e. The first kappa shape index (κ1) is 14.3. The number of pyridine rings is 1. The molecule has 0 radical (unpaired) electrons. The van der Waals surface area contributed by atoms with Crippen molar-refractivity contribution < 1.29 is 9.84 Å². The van der Waals surface area contributed by atoms with Gasteiger partial charge in [-0.15, -0.1) is 0 Å². The number of aromatic nitrogens is 2. The molecule has 0 atom stereocenters. The van der Waals surface area contributed by atoms with Crippen LogP contribution < -0.4 is 0 Å². The van der Waals surface area contributed by atoms with Gasteiger partial charge in [-0.05, 0) is 23.6 Å². The van der Waals surface area contributed by atoms with E-state index in [1.54, 1.807) is 13.3 Å². The fourth-order valence-corrected chi connectivity index (χ4v) is 3.77. The first-order chi connectivity index (χ1) is 12.3. The van der Waals surface area contributed by atoms with E-state index in [-0.39, 0.29) is 5.75 Å². The SMILES string of the molecule is COCn1c2ccccc2c2c(O)c3cnc4ccccc4c3cc21. The predicted molar refractivity (Wildman–Crippen MR) is 101 cm³/mol. The van der Waals surface area contributed by atoms with Gasteiger partial charge >= 0.3 is 0 Å². The molecule has 5 aromatic rings. The van der Waals surface area contributed by atoms with Crippen LogP contribution in [-0.4, -0.2) is 21.8 Å². The van der Waals surface area contributed by atoms with Crippen molar-refractivity contribution >= 4 is 43.5 Å². The van der Waals surface area contributed by atoms with Gasteiger partial charge in [0.15, 0.2) is 0 Å². The van der Waals surface area contributed by atoms with Gasteiger partial charge in [0.05, 0.1) is 21.9 Å². The molecular formula is C21H16N2O2. The van der Waals surface area contributed by atoms with Crippen molar-refractivity contribution in [3.05, 3.63) is 60.8 Å². The number of para-hydroxylation sites is 2. The van der Waals surface area contributed by atoms with Gasteiger partial charge in [0.25, 0.3) is 0 Å². The summed E-state index contributed by atoms with van der Waals surface area (Å²) in [4.78, 5) is 4.51. The van der Waals surface area contributed by atoms with Crippen LogP contribution in [-0.2, 0) is 11.5 Å². The molecule has 122 valence electrons. The molecule has 3 aromatic carbocycles. The summed E-state index contributed by atoms with van der Waals surface area (Å²) in [5.41, 5.74) is 2.93. The van der Waals surface area contributed by atoms with Crippen molar-refractivity contribution in [1.82, 2.24) is 9.55 Å². The minimum Gasteiger partial charge on any atom is -0.507 e. The number of benzene rings is 3. The molecule has 0 aliphatic heterocycles. The zero-order valence-electron chi connectivity index (χ0n) is 13.7. The van der Waals surface area contributed by atoms with E-state index in [0.717, 1.165) is 43.5 Å². The summed E-state index contributed by atoms with van der Waals surface area (Å²) in [6, 6.07) is 18.2. The fraction of sp³-hybridized carbons (Fsp3) is 0.0952. The molecule has 4 heteroatoms. The second kappa shape index (κ2) is 5.19. The Bertz CT molecular complexity index is 1270. The number of aromatic hydroxyl groups is 1. The number of hydrogen-bond donors (Lipinski definition) is 1. The Morgan fingerprint density at radius 2 is 1.68 bits per heavy atom. The monoisotopic (exact) mass is 328 g/mol. The normalized spacial score (nSPS) is 11.9. The summed E-state index contributed by atoms with van der Waals surface area (Å²) < 4.78 is 7.51. The zero-order chi connectivity index (χ0) is 17.0. The third kappa shape index (κ3) is 1.88. The molecule has 2 heterocycles. The van der Waals surface area contributed by atoms with Crippen LogP contribution in [0.25, 0.3) is 43.5 Å². The van der Waals surface area contributed by atoms with E-state index in [2.05, 4.69) is 21.7 Å². The molecule has 0 aliphatic rings. The fourth-order valence-electron chi connectivity index (χ4n) is 3.77. The minimum atomic E-state index is 0.275. The van der Waals surface area contributed by atoms with Gasteiger partial charge in [0.2, 0.25) is 0 Å². The number of phenolic OH excluding ortho intramolecular Hbond substituents is 1. The summed E-state index contributed by atoms with van der Waals surface area (Å²) >= 11 is 0. The maximum atomic E-state index is 11.1. The van der Waals surface area contributed by atoms with Crippen LogP contribution in [0, 0.1) is 0 Å². The standard InChI is InChI=1S/C21H16N2O2/c1-25-12-23-18-9-5-3-7-14(18)20-19(23)10-15-13-6-2-4-8-17(13)22-11-16(15)21(20)24/h2-11,24H,12H2,1H3. The van der Waals surface area contributed by atoms with Crippen molar-refractivity contribution in [3.8, 4) is 5.75 Å². The summed E-state index contributed by atoms with van der Waals surface area (Å²) in [5.74, 6) is 0.275. The molecule has 0 saturated heterocycles. The Kier molecular flexibility index (Phi) is 2.96. The Labute approximate surface area is 143 Å². The molecule has 4 nitrogen and oxygen atoms in total. The molecular weight excluding hydrogens is 312 g/mol. The number of nitrogens with zero attached hydrogens (tertiary/aromatic N) is 2. The predicted octanol–water partition coefficient (Wildman–Crippen LogP) is 4.81. The number of hydrogen-bond acceptors (Lipinski definition) is 3. The molecule has 0 aliphatic carbocycles. The summed E-state index contributed by atoms with van der Waals surface area (Å²) in [6.45, 7) is 0.429. The second-order valence-electron chi connectivity index (χ2n) is 6.22. The molecule has 0 fully saturated rings. The quantitative estimate of drug-likeness (QED) is 0.473. The number of fused-ring (bicyclic) bond motifs is 6. The molecule has 0 bridgehead atoms. The van der Waals surface area contributed by atoms with Crippen LogP contribution >= 0.6 is 0 Å². The number of phenols is 1. The lowest BCUT2D eigenvalue weighted by Crippen LogP contribution is -1.99. The third-order valence-corrected chi connectivity index (χ3v) is 4.86. The van der Waals surface area contributed by atoms with Gasteiger partial charge in [-0.1, -0.05) is 36.4 Å². The van der Waals surface area contributed by atoms with E-state index in [4.69, 9.17) is 4.74 Å². The van der Waals surface area contributed by atoms with Crippen LogP contribution in [0.1, 0.15) is 0 Å². The van der Waals surface area contributed by atoms with E-state index in [9.17, 15) is 5.11 Å². The third-order valence-electron chi connectivity index (χ3n) is 4.86. The smallest absolute Gasteiger partial charge is 0.134 e. The van der Waals surface area contributed by atoms with E-state index >= 15 is 0 Å². The number of methoxy groups -OCH3 is 1. The summed E-state index contributed by atoms with van der Waals surface area (Å²) in [5, 5.41) is 15.7.